The molecule has 0 amide bonds. The van der Waals surface area contributed by atoms with E-state index in [1.54, 1.807) is 36.4 Å². The van der Waals surface area contributed by atoms with Gasteiger partial charge in [0.05, 0.1) is 0 Å². The van der Waals surface area contributed by atoms with Crippen molar-refractivity contribution < 1.29 is 14.0 Å². The van der Waals surface area contributed by atoms with Gasteiger partial charge in [-0.2, -0.15) is 0 Å². The summed E-state index contributed by atoms with van der Waals surface area (Å²) < 4.78 is 5.23. The lowest BCUT2D eigenvalue weighted by Crippen LogP contribution is -1.87. The number of hydrogen-bond donors (Lipinski definition) is 0. The maximum Gasteiger partial charge on any atom is 0.252 e. The van der Waals surface area contributed by atoms with Crippen LogP contribution in [0.1, 0.15) is 20.9 Å². The zero-order valence-corrected chi connectivity index (χ0v) is 8.90. The molecular weight excluding hydrogens is 228 g/mol. The van der Waals surface area contributed by atoms with Gasteiger partial charge in [0.2, 0.25) is 0 Å². The van der Waals surface area contributed by atoms with E-state index < -0.39 is 5.24 Å². The highest BCUT2D eigenvalue weighted by Gasteiger charge is 2.05. The van der Waals surface area contributed by atoms with Crippen molar-refractivity contribution >= 4 is 23.1 Å². The molecule has 1 aromatic heterocycles. The van der Waals surface area contributed by atoms with E-state index >= 15 is 0 Å². The monoisotopic (exact) mass is 234 g/mol. The molecule has 0 saturated heterocycles. The molecule has 0 aliphatic heterocycles. The van der Waals surface area contributed by atoms with Crippen LogP contribution in [0.4, 0.5) is 0 Å². The zero-order valence-electron chi connectivity index (χ0n) is 8.14. The Labute approximate surface area is 96.6 Å². The van der Waals surface area contributed by atoms with Crippen LogP contribution < -0.4 is 0 Å². The first-order chi connectivity index (χ1) is 7.70. The molecule has 0 saturated carbocycles. The van der Waals surface area contributed by atoms with Crippen molar-refractivity contribution in [2.24, 2.45) is 0 Å². The average Bonchev–Trinajstić information content (AvgIpc) is 2.77. The van der Waals surface area contributed by atoms with E-state index in [2.05, 4.69) is 0 Å². The van der Waals surface area contributed by atoms with Crippen LogP contribution in [-0.2, 0) is 0 Å². The van der Waals surface area contributed by atoms with Crippen LogP contribution >= 0.6 is 11.6 Å². The van der Waals surface area contributed by atoms with Crippen molar-refractivity contribution in [1.82, 2.24) is 0 Å². The van der Waals surface area contributed by atoms with Crippen LogP contribution in [0.5, 0.6) is 0 Å². The normalized spacial score (nSPS) is 10.1. The lowest BCUT2D eigenvalue weighted by molar-refractivity contribution is 0.107. The van der Waals surface area contributed by atoms with E-state index in [9.17, 15) is 9.59 Å². The summed E-state index contributed by atoms with van der Waals surface area (Å²) in [5.74, 6) is 0.850. The fourth-order valence-electron chi connectivity index (χ4n) is 1.34. The van der Waals surface area contributed by atoms with Crippen molar-refractivity contribution in [3.8, 4) is 11.3 Å². The number of benzene rings is 1. The van der Waals surface area contributed by atoms with E-state index in [0.29, 0.717) is 17.6 Å². The van der Waals surface area contributed by atoms with Crippen LogP contribution in [0, 0.1) is 0 Å². The summed E-state index contributed by atoms with van der Waals surface area (Å²) in [7, 11) is 0. The molecule has 0 N–H and O–H groups in total. The number of furan rings is 1. The third-order valence-electron chi connectivity index (χ3n) is 2.14. The fourth-order valence-corrected chi connectivity index (χ4v) is 1.46. The van der Waals surface area contributed by atoms with Gasteiger partial charge in [-0.3, -0.25) is 9.59 Å². The van der Waals surface area contributed by atoms with Crippen LogP contribution in [0.2, 0.25) is 0 Å². The van der Waals surface area contributed by atoms with Crippen molar-refractivity contribution in [3.05, 3.63) is 47.7 Å². The number of halogens is 1. The highest BCUT2D eigenvalue weighted by Crippen LogP contribution is 2.22. The largest absolute Gasteiger partial charge is 0.453 e. The Kier molecular flexibility index (Phi) is 2.88. The molecular formula is C12H7ClO3. The van der Waals surface area contributed by atoms with E-state index in [0.717, 1.165) is 5.56 Å². The lowest BCUT2D eigenvalue weighted by Gasteiger charge is -1.97. The predicted molar refractivity (Wildman–Crippen MR) is 59.7 cm³/mol. The molecule has 2 rings (SSSR count). The maximum atomic E-state index is 10.8. The van der Waals surface area contributed by atoms with Gasteiger partial charge in [-0.05, 0) is 35.9 Å². The first kappa shape index (κ1) is 10.6. The van der Waals surface area contributed by atoms with Gasteiger partial charge in [0, 0.05) is 11.1 Å². The number of carbonyl (C=O) groups excluding carboxylic acids is 2. The minimum atomic E-state index is -0.500. The SMILES string of the molecule is O=Cc1ccc(-c2ccc(C(=O)Cl)cc2)o1. The molecule has 2 aromatic rings. The van der Waals surface area contributed by atoms with Crippen molar-refractivity contribution in [2.45, 2.75) is 0 Å². The van der Waals surface area contributed by atoms with E-state index in [4.69, 9.17) is 16.0 Å². The molecule has 16 heavy (non-hydrogen) atoms. The average molecular weight is 235 g/mol. The van der Waals surface area contributed by atoms with Crippen LogP contribution in [0.15, 0.2) is 40.8 Å². The van der Waals surface area contributed by atoms with Crippen molar-refractivity contribution in [2.75, 3.05) is 0 Å². The molecule has 0 bridgehead atoms. The van der Waals surface area contributed by atoms with Gasteiger partial charge in [-0.15, -0.1) is 0 Å². The summed E-state index contributed by atoms with van der Waals surface area (Å²) >= 11 is 5.32. The topological polar surface area (TPSA) is 47.3 Å². The second-order valence-electron chi connectivity index (χ2n) is 3.17. The Balaban J connectivity index is 2.34. The van der Waals surface area contributed by atoms with E-state index in [1.165, 1.54) is 0 Å². The van der Waals surface area contributed by atoms with Crippen LogP contribution in [0.3, 0.4) is 0 Å². The number of rotatable bonds is 3. The lowest BCUT2D eigenvalue weighted by atomic mass is 10.1. The van der Waals surface area contributed by atoms with Gasteiger partial charge in [0.15, 0.2) is 12.0 Å². The third-order valence-corrected chi connectivity index (χ3v) is 2.36. The molecule has 0 atom stereocenters. The molecule has 0 fully saturated rings. The molecule has 0 spiro atoms. The van der Waals surface area contributed by atoms with E-state index in [-0.39, 0.29) is 5.76 Å². The molecule has 0 unspecified atom stereocenters. The molecule has 4 heteroatoms. The Morgan fingerprint density at radius 2 is 1.81 bits per heavy atom. The first-order valence-electron chi connectivity index (χ1n) is 4.56. The third kappa shape index (κ3) is 2.04. The Morgan fingerprint density at radius 1 is 1.12 bits per heavy atom. The summed E-state index contributed by atoms with van der Waals surface area (Å²) in [6, 6.07) is 9.91. The predicted octanol–water partition coefficient (Wildman–Crippen LogP) is 3.14. The zero-order chi connectivity index (χ0) is 11.5. The Hall–Kier alpha value is -1.87. The molecule has 1 heterocycles. The Bertz CT molecular complexity index is 525. The summed E-state index contributed by atoms with van der Waals surface area (Å²) in [6.07, 6.45) is 0.639. The molecule has 1 aromatic carbocycles. The molecule has 3 nitrogen and oxygen atoms in total. The second-order valence-corrected chi connectivity index (χ2v) is 3.51. The van der Waals surface area contributed by atoms with Gasteiger partial charge in [-0.25, -0.2) is 0 Å². The van der Waals surface area contributed by atoms with Gasteiger partial charge in [0.1, 0.15) is 5.76 Å². The summed E-state index contributed by atoms with van der Waals surface area (Å²) in [4.78, 5) is 21.3. The second kappa shape index (κ2) is 4.33. The van der Waals surface area contributed by atoms with Crippen LogP contribution in [0.25, 0.3) is 11.3 Å². The van der Waals surface area contributed by atoms with Gasteiger partial charge in [0.25, 0.3) is 5.24 Å². The number of aldehydes is 1. The highest BCUT2D eigenvalue weighted by atomic mass is 35.5. The standard InChI is InChI=1S/C12H7ClO3/c13-12(15)9-3-1-8(2-4-9)11-6-5-10(7-14)16-11/h1-7H. The highest BCUT2D eigenvalue weighted by molar-refractivity contribution is 6.67. The Morgan fingerprint density at radius 3 is 2.31 bits per heavy atom. The summed E-state index contributed by atoms with van der Waals surface area (Å²) in [6.45, 7) is 0. The van der Waals surface area contributed by atoms with Crippen molar-refractivity contribution in [3.63, 3.8) is 0 Å². The van der Waals surface area contributed by atoms with Crippen molar-refractivity contribution in [1.29, 1.82) is 0 Å². The van der Waals surface area contributed by atoms with Gasteiger partial charge in [-0.1, -0.05) is 12.1 Å². The van der Waals surface area contributed by atoms with E-state index in [1.807, 2.05) is 0 Å². The minimum absolute atomic E-state index is 0.271. The van der Waals surface area contributed by atoms with Crippen LogP contribution in [-0.4, -0.2) is 11.5 Å². The molecule has 0 radical (unpaired) electrons. The number of carbonyl (C=O) groups is 2. The molecule has 80 valence electrons. The number of hydrogen-bond acceptors (Lipinski definition) is 3. The minimum Gasteiger partial charge on any atom is -0.453 e. The smallest absolute Gasteiger partial charge is 0.252 e. The summed E-state index contributed by atoms with van der Waals surface area (Å²) in [5, 5.41) is -0.500. The first-order valence-corrected chi connectivity index (χ1v) is 4.94. The quantitative estimate of drug-likeness (QED) is 0.606. The maximum absolute atomic E-state index is 10.8. The molecule has 0 aliphatic carbocycles. The van der Waals surface area contributed by atoms with Gasteiger partial charge >= 0.3 is 0 Å². The fraction of sp³-hybridized carbons (Fsp3) is 0. The molecule has 0 aliphatic rings. The summed E-state index contributed by atoms with van der Waals surface area (Å²) in [5.41, 5.74) is 1.21. The van der Waals surface area contributed by atoms with Gasteiger partial charge < -0.3 is 4.42 Å².